The van der Waals surface area contributed by atoms with E-state index < -0.39 is 10.8 Å². The van der Waals surface area contributed by atoms with E-state index in [1.165, 1.54) is 23.1 Å². The van der Waals surface area contributed by atoms with Crippen LogP contribution in [0.15, 0.2) is 41.0 Å². The zero-order valence-electron chi connectivity index (χ0n) is 14.0. The van der Waals surface area contributed by atoms with Gasteiger partial charge in [0.25, 0.3) is 17.5 Å². The molecule has 2 aliphatic heterocycles. The quantitative estimate of drug-likeness (QED) is 0.475. The molecule has 134 valence electrons. The van der Waals surface area contributed by atoms with Crippen LogP contribution in [0.2, 0.25) is 0 Å². The number of rotatable bonds is 4. The van der Waals surface area contributed by atoms with Gasteiger partial charge in [0.2, 0.25) is 0 Å². The van der Waals surface area contributed by atoms with E-state index >= 15 is 0 Å². The van der Waals surface area contributed by atoms with Gasteiger partial charge in [0.15, 0.2) is 0 Å². The van der Waals surface area contributed by atoms with Crippen LogP contribution < -0.4 is 0 Å². The fourth-order valence-corrected chi connectivity index (χ4v) is 3.65. The Morgan fingerprint density at radius 3 is 2.50 bits per heavy atom. The van der Waals surface area contributed by atoms with Gasteiger partial charge in [0, 0.05) is 31.3 Å². The number of amides is 2. The second-order valence-corrected chi connectivity index (χ2v) is 6.55. The number of nitro benzene ring substituents is 1. The topological polar surface area (TPSA) is 96.9 Å². The SMILES string of the molecule is O=C1c2ccc([N+](=O)[O-])cc2C(=O)N1C1CCN(Cc2ccco2)CC1. The lowest BCUT2D eigenvalue weighted by Gasteiger charge is -2.35. The van der Waals surface area contributed by atoms with E-state index in [0.29, 0.717) is 19.4 Å². The summed E-state index contributed by atoms with van der Waals surface area (Å²) >= 11 is 0. The maximum atomic E-state index is 12.7. The summed E-state index contributed by atoms with van der Waals surface area (Å²) in [5.41, 5.74) is 0.195. The minimum Gasteiger partial charge on any atom is -0.468 e. The molecule has 3 heterocycles. The average molecular weight is 355 g/mol. The number of hydrogen-bond acceptors (Lipinski definition) is 6. The van der Waals surface area contributed by atoms with Gasteiger partial charge in [-0.05, 0) is 31.0 Å². The number of likely N-dealkylation sites (tertiary alicyclic amines) is 1. The number of nitrogens with zero attached hydrogens (tertiary/aromatic N) is 3. The Hall–Kier alpha value is -3.00. The number of nitro groups is 1. The van der Waals surface area contributed by atoms with Gasteiger partial charge < -0.3 is 4.42 Å². The molecule has 2 amide bonds. The molecular weight excluding hydrogens is 338 g/mol. The van der Waals surface area contributed by atoms with Crippen molar-refractivity contribution in [3.8, 4) is 0 Å². The molecule has 0 aliphatic carbocycles. The molecule has 1 aromatic carbocycles. The van der Waals surface area contributed by atoms with Crippen LogP contribution in [0.5, 0.6) is 0 Å². The van der Waals surface area contributed by atoms with E-state index in [0.717, 1.165) is 18.8 Å². The summed E-state index contributed by atoms with van der Waals surface area (Å²) in [5, 5.41) is 10.9. The van der Waals surface area contributed by atoms with Crippen LogP contribution in [0.4, 0.5) is 5.69 Å². The van der Waals surface area contributed by atoms with Crippen molar-refractivity contribution in [1.82, 2.24) is 9.80 Å². The molecule has 2 aromatic rings. The van der Waals surface area contributed by atoms with Crippen molar-refractivity contribution >= 4 is 17.5 Å². The van der Waals surface area contributed by atoms with Gasteiger partial charge in [-0.1, -0.05) is 0 Å². The third-order valence-corrected chi connectivity index (χ3v) is 4.99. The van der Waals surface area contributed by atoms with Gasteiger partial charge in [-0.15, -0.1) is 0 Å². The van der Waals surface area contributed by atoms with E-state index in [1.807, 2.05) is 12.1 Å². The summed E-state index contributed by atoms with van der Waals surface area (Å²) in [6, 6.07) is 7.42. The Balaban J connectivity index is 1.46. The van der Waals surface area contributed by atoms with E-state index in [9.17, 15) is 19.7 Å². The minimum absolute atomic E-state index is 0.127. The second-order valence-electron chi connectivity index (χ2n) is 6.55. The normalized spacial score (nSPS) is 18.4. The molecule has 4 rings (SSSR count). The van der Waals surface area contributed by atoms with Gasteiger partial charge >= 0.3 is 0 Å². The predicted octanol–water partition coefficient (Wildman–Crippen LogP) is 2.45. The summed E-state index contributed by atoms with van der Waals surface area (Å²) < 4.78 is 5.35. The molecule has 0 radical (unpaired) electrons. The summed E-state index contributed by atoms with van der Waals surface area (Å²) in [4.78, 5) is 39.2. The Kier molecular flexibility index (Phi) is 4.04. The summed E-state index contributed by atoms with van der Waals surface area (Å²) in [7, 11) is 0. The fraction of sp³-hybridized carbons (Fsp3) is 0.333. The van der Waals surface area contributed by atoms with Crippen LogP contribution in [0.25, 0.3) is 0 Å². The molecular formula is C18H17N3O5. The molecule has 8 nitrogen and oxygen atoms in total. The van der Waals surface area contributed by atoms with Gasteiger partial charge in [-0.2, -0.15) is 0 Å². The first-order valence-corrected chi connectivity index (χ1v) is 8.45. The maximum Gasteiger partial charge on any atom is 0.270 e. The maximum absolute atomic E-state index is 12.7. The molecule has 0 atom stereocenters. The van der Waals surface area contributed by atoms with Crippen LogP contribution in [0.1, 0.15) is 39.3 Å². The highest BCUT2D eigenvalue weighted by atomic mass is 16.6. The van der Waals surface area contributed by atoms with Crippen LogP contribution in [0.3, 0.4) is 0 Å². The number of carbonyl (C=O) groups excluding carboxylic acids is 2. The van der Waals surface area contributed by atoms with Gasteiger partial charge in [0.1, 0.15) is 5.76 Å². The van der Waals surface area contributed by atoms with Crippen LogP contribution in [0, 0.1) is 10.1 Å². The zero-order valence-corrected chi connectivity index (χ0v) is 14.0. The summed E-state index contributed by atoms with van der Waals surface area (Å²) in [6.45, 7) is 2.20. The third-order valence-electron chi connectivity index (χ3n) is 4.99. The van der Waals surface area contributed by atoms with E-state index in [-0.39, 0.29) is 28.8 Å². The monoisotopic (exact) mass is 355 g/mol. The first kappa shape index (κ1) is 16.5. The predicted molar refractivity (Wildman–Crippen MR) is 90.6 cm³/mol. The zero-order chi connectivity index (χ0) is 18.3. The third kappa shape index (κ3) is 2.78. The lowest BCUT2D eigenvalue weighted by Crippen LogP contribution is -2.47. The summed E-state index contributed by atoms with van der Waals surface area (Å²) in [5.74, 6) is 0.0963. The summed E-state index contributed by atoms with van der Waals surface area (Å²) in [6.07, 6.45) is 2.99. The van der Waals surface area contributed by atoms with E-state index in [1.54, 1.807) is 6.26 Å². The lowest BCUT2D eigenvalue weighted by atomic mass is 10.0. The molecule has 0 spiro atoms. The van der Waals surface area contributed by atoms with Crippen molar-refractivity contribution in [2.24, 2.45) is 0 Å². The van der Waals surface area contributed by atoms with Gasteiger partial charge in [0.05, 0.1) is 28.9 Å². The number of hydrogen-bond donors (Lipinski definition) is 0. The molecule has 0 unspecified atom stereocenters. The standard InChI is InChI=1S/C18H17N3O5/c22-17-15-4-3-13(21(24)25)10-16(15)18(23)20(17)12-5-7-19(8-6-12)11-14-2-1-9-26-14/h1-4,9-10,12H,5-8,11H2. The molecule has 1 fully saturated rings. The van der Waals surface area contributed by atoms with Crippen molar-refractivity contribution in [3.63, 3.8) is 0 Å². The first-order valence-electron chi connectivity index (χ1n) is 8.45. The van der Waals surface area contributed by atoms with Crippen LogP contribution >= 0.6 is 0 Å². The smallest absolute Gasteiger partial charge is 0.270 e. The lowest BCUT2D eigenvalue weighted by molar-refractivity contribution is -0.384. The molecule has 1 aromatic heterocycles. The van der Waals surface area contributed by atoms with Crippen molar-refractivity contribution < 1.29 is 18.9 Å². The Bertz CT molecular complexity index is 869. The molecule has 26 heavy (non-hydrogen) atoms. The number of furan rings is 1. The fourth-order valence-electron chi connectivity index (χ4n) is 3.65. The average Bonchev–Trinajstić information content (AvgIpc) is 3.23. The number of imide groups is 1. The first-order chi connectivity index (χ1) is 12.5. The Morgan fingerprint density at radius 2 is 1.85 bits per heavy atom. The highest BCUT2D eigenvalue weighted by Gasteiger charge is 2.41. The van der Waals surface area contributed by atoms with E-state index in [4.69, 9.17) is 4.42 Å². The number of carbonyl (C=O) groups is 2. The second kappa shape index (κ2) is 6.38. The number of benzene rings is 1. The molecule has 2 aliphatic rings. The van der Waals surface area contributed by atoms with Crippen molar-refractivity contribution in [2.75, 3.05) is 13.1 Å². The Labute approximate surface area is 149 Å². The number of fused-ring (bicyclic) bond motifs is 1. The highest BCUT2D eigenvalue weighted by Crippen LogP contribution is 2.31. The molecule has 0 N–H and O–H groups in total. The van der Waals surface area contributed by atoms with Gasteiger partial charge in [-0.3, -0.25) is 29.5 Å². The highest BCUT2D eigenvalue weighted by molar-refractivity contribution is 6.21. The number of non-ortho nitro benzene ring substituents is 1. The van der Waals surface area contributed by atoms with Crippen LogP contribution in [-0.4, -0.2) is 45.7 Å². The molecule has 0 saturated carbocycles. The molecule has 1 saturated heterocycles. The van der Waals surface area contributed by atoms with Crippen molar-refractivity contribution in [1.29, 1.82) is 0 Å². The minimum atomic E-state index is -0.562. The largest absolute Gasteiger partial charge is 0.468 e. The van der Waals surface area contributed by atoms with Crippen molar-refractivity contribution in [3.05, 3.63) is 63.6 Å². The molecule has 8 heteroatoms. The van der Waals surface area contributed by atoms with Crippen LogP contribution in [-0.2, 0) is 6.54 Å². The van der Waals surface area contributed by atoms with E-state index in [2.05, 4.69) is 4.90 Å². The Morgan fingerprint density at radius 1 is 1.12 bits per heavy atom. The molecule has 0 bridgehead atoms. The number of piperidine rings is 1. The van der Waals surface area contributed by atoms with Gasteiger partial charge in [-0.25, -0.2) is 0 Å². The van der Waals surface area contributed by atoms with Crippen molar-refractivity contribution in [2.45, 2.75) is 25.4 Å².